The fourth-order valence-electron chi connectivity index (χ4n) is 3.13. The van der Waals surface area contributed by atoms with Crippen molar-refractivity contribution in [1.29, 1.82) is 0 Å². The average molecular weight is 392 g/mol. The summed E-state index contributed by atoms with van der Waals surface area (Å²) in [4.78, 5) is 0. The van der Waals surface area contributed by atoms with Crippen LogP contribution in [0.1, 0.15) is 22.3 Å². The lowest BCUT2D eigenvalue weighted by atomic mass is 10.1. The van der Waals surface area contributed by atoms with Crippen molar-refractivity contribution in [3.05, 3.63) is 89.0 Å². The van der Waals surface area contributed by atoms with Crippen LogP contribution in [0.25, 0.3) is 0 Å². The zero-order valence-corrected chi connectivity index (χ0v) is 17.4. The van der Waals surface area contributed by atoms with Gasteiger partial charge >= 0.3 is 0 Å². The highest BCUT2D eigenvalue weighted by Crippen LogP contribution is 2.27. The summed E-state index contributed by atoms with van der Waals surface area (Å²) in [7, 11) is 3.31. The van der Waals surface area contributed by atoms with Crippen LogP contribution in [0.3, 0.4) is 0 Å². The number of nitrogens with one attached hydrogen (secondary N) is 1. The lowest BCUT2D eigenvalue weighted by Gasteiger charge is -2.13. The van der Waals surface area contributed by atoms with Crippen LogP contribution < -0.4 is 19.5 Å². The van der Waals surface area contributed by atoms with Crippen molar-refractivity contribution in [2.24, 2.45) is 0 Å². The molecule has 3 rings (SSSR count). The lowest BCUT2D eigenvalue weighted by Crippen LogP contribution is -2.17. The van der Waals surface area contributed by atoms with Crippen LogP contribution in [-0.4, -0.2) is 20.8 Å². The Balaban J connectivity index is 1.51. The van der Waals surface area contributed by atoms with Gasteiger partial charge in [0.05, 0.1) is 14.2 Å². The van der Waals surface area contributed by atoms with E-state index in [4.69, 9.17) is 14.2 Å². The molecule has 0 spiro atoms. The minimum atomic E-state index is 0.572. The summed E-state index contributed by atoms with van der Waals surface area (Å²) in [5, 5.41) is 3.51. The minimum Gasteiger partial charge on any atom is -0.493 e. The van der Waals surface area contributed by atoms with E-state index in [1.165, 1.54) is 16.7 Å². The Labute approximate surface area is 173 Å². The van der Waals surface area contributed by atoms with Gasteiger partial charge in [0, 0.05) is 12.1 Å². The molecular weight excluding hydrogens is 362 g/mol. The predicted octanol–water partition coefficient (Wildman–Crippen LogP) is 4.92. The summed E-state index contributed by atoms with van der Waals surface area (Å²) in [6.07, 6.45) is 0.909. The fourth-order valence-corrected chi connectivity index (χ4v) is 3.13. The first-order chi connectivity index (χ1) is 14.2. The molecular formula is C25H29NO3. The molecule has 0 saturated heterocycles. The van der Waals surface area contributed by atoms with Crippen molar-refractivity contribution in [2.45, 2.75) is 26.5 Å². The van der Waals surface area contributed by atoms with Crippen molar-refractivity contribution in [2.75, 3.05) is 20.8 Å². The molecule has 0 bridgehead atoms. The van der Waals surface area contributed by atoms with Crippen LogP contribution in [0.5, 0.6) is 17.2 Å². The monoisotopic (exact) mass is 391 g/mol. The third-order valence-electron chi connectivity index (χ3n) is 4.84. The summed E-state index contributed by atoms with van der Waals surface area (Å²) < 4.78 is 16.7. The molecule has 0 saturated carbocycles. The number of methoxy groups -OCH3 is 2. The number of rotatable bonds is 10. The second kappa shape index (κ2) is 10.5. The SMILES string of the molecule is COc1ccc(CCNCc2ccccc2OCc2ccc(C)cc2)cc1OC. The number of ether oxygens (including phenoxy) is 3. The number of benzene rings is 3. The Hall–Kier alpha value is -2.98. The Morgan fingerprint density at radius 2 is 1.48 bits per heavy atom. The zero-order valence-electron chi connectivity index (χ0n) is 17.4. The molecule has 0 heterocycles. The van der Waals surface area contributed by atoms with Gasteiger partial charge in [-0.05, 0) is 49.2 Å². The van der Waals surface area contributed by atoms with E-state index < -0.39 is 0 Å². The summed E-state index contributed by atoms with van der Waals surface area (Å²) in [5.74, 6) is 2.44. The molecule has 3 aromatic rings. The number of aryl methyl sites for hydroxylation is 1. The van der Waals surface area contributed by atoms with Gasteiger partial charge < -0.3 is 19.5 Å². The maximum Gasteiger partial charge on any atom is 0.160 e. The molecule has 0 radical (unpaired) electrons. The number of hydrogen-bond acceptors (Lipinski definition) is 4. The van der Waals surface area contributed by atoms with Gasteiger partial charge in [0.2, 0.25) is 0 Å². The first-order valence-electron chi connectivity index (χ1n) is 9.87. The van der Waals surface area contributed by atoms with E-state index in [2.05, 4.69) is 48.6 Å². The zero-order chi connectivity index (χ0) is 20.5. The topological polar surface area (TPSA) is 39.7 Å². The number of para-hydroxylation sites is 1. The van der Waals surface area contributed by atoms with Crippen LogP contribution in [0.15, 0.2) is 66.7 Å². The first-order valence-corrected chi connectivity index (χ1v) is 9.87. The molecule has 0 aliphatic rings. The first kappa shape index (κ1) is 20.7. The van der Waals surface area contributed by atoms with Crippen LogP contribution in [0.2, 0.25) is 0 Å². The van der Waals surface area contributed by atoms with Gasteiger partial charge in [0.1, 0.15) is 12.4 Å². The summed E-state index contributed by atoms with van der Waals surface area (Å²) >= 11 is 0. The molecule has 0 aliphatic heterocycles. The van der Waals surface area contributed by atoms with E-state index in [1.807, 2.05) is 30.3 Å². The highest BCUT2D eigenvalue weighted by molar-refractivity contribution is 5.43. The van der Waals surface area contributed by atoms with E-state index in [9.17, 15) is 0 Å². The standard InChI is InChI=1S/C25H29NO3/c1-19-8-10-21(11-9-19)18-29-23-7-5-4-6-22(23)17-26-15-14-20-12-13-24(27-2)25(16-20)28-3/h4-13,16,26H,14-15,17-18H2,1-3H3. The molecule has 152 valence electrons. The molecule has 0 fully saturated rings. The molecule has 1 N–H and O–H groups in total. The van der Waals surface area contributed by atoms with E-state index in [0.29, 0.717) is 6.61 Å². The fraction of sp³-hybridized carbons (Fsp3) is 0.280. The summed E-state index contributed by atoms with van der Waals surface area (Å²) in [6, 6.07) is 22.7. The van der Waals surface area contributed by atoms with Gasteiger partial charge in [-0.3, -0.25) is 0 Å². The van der Waals surface area contributed by atoms with Crippen LogP contribution in [-0.2, 0) is 19.6 Å². The van der Waals surface area contributed by atoms with Gasteiger partial charge in [0.25, 0.3) is 0 Å². The van der Waals surface area contributed by atoms with E-state index in [1.54, 1.807) is 14.2 Å². The third-order valence-corrected chi connectivity index (χ3v) is 4.84. The predicted molar refractivity (Wildman–Crippen MR) is 117 cm³/mol. The molecule has 3 aromatic carbocycles. The third kappa shape index (κ3) is 6.00. The number of hydrogen-bond donors (Lipinski definition) is 1. The largest absolute Gasteiger partial charge is 0.493 e. The molecule has 4 heteroatoms. The van der Waals surface area contributed by atoms with Crippen LogP contribution in [0.4, 0.5) is 0 Å². The maximum absolute atomic E-state index is 6.06. The Morgan fingerprint density at radius 3 is 2.24 bits per heavy atom. The van der Waals surface area contributed by atoms with Gasteiger partial charge in [-0.2, -0.15) is 0 Å². The smallest absolute Gasteiger partial charge is 0.160 e. The summed E-state index contributed by atoms with van der Waals surface area (Å²) in [5.41, 5.74) is 4.80. The van der Waals surface area contributed by atoms with E-state index in [-0.39, 0.29) is 0 Å². The molecule has 0 unspecified atom stereocenters. The van der Waals surface area contributed by atoms with Crippen LogP contribution >= 0.6 is 0 Å². The van der Waals surface area contributed by atoms with Crippen molar-refractivity contribution < 1.29 is 14.2 Å². The Kier molecular flexibility index (Phi) is 7.54. The summed E-state index contributed by atoms with van der Waals surface area (Å²) in [6.45, 7) is 4.29. The van der Waals surface area contributed by atoms with Gasteiger partial charge in [0.15, 0.2) is 11.5 Å². The normalized spacial score (nSPS) is 10.6. The van der Waals surface area contributed by atoms with Crippen LogP contribution in [0, 0.1) is 6.92 Å². The van der Waals surface area contributed by atoms with Crippen molar-refractivity contribution in [3.63, 3.8) is 0 Å². The van der Waals surface area contributed by atoms with Gasteiger partial charge in [-0.1, -0.05) is 54.1 Å². The molecule has 0 atom stereocenters. The highest BCUT2D eigenvalue weighted by Gasteiger charge is 2.06. The Morgan fingerprint density at radius 1 is 0.759 bits per heavy atom. The van der Waals surface area contributed by atoms with Gasteiger partial charge in [-0.25, -0.2) is 0 Å². The van der Waals surface area contributed by atoms with Crippen molar-refractivity contribution in [1.82, 2.24) is 5.32 Å². The molecule has 29 heavy (non-hydrogen) atoms. The van der Waals surface area contributed by atoms with Crippen molar-refractivity contribution in [3.8, 4) is 17.2 Å². The molecule has 0 aliphatic carbocycles. The van der Waals surface area contributed by atoms with E-state index >= 15 is 0 Å². The average Bonchev–Trinajstić information content (AvgIpc) is 2.76. The molecule has 0 amide bonds. The molecule has 0 aromatic heterocycles. The second-order valence-corrected chi connectivity index (χ2v) is 7.00. The van der Waals surface area contributed by atoms with Gasteiger partial charge in [-0.15, -0.1) is 0 Å². The second-order valence-electron chi connectivity index (χ2n) is 7.00. The quantitative estimate of drug-likeness (QED) is 0.498. The minimum absolute atomic E-state index is 0.572. The van der Waals surface area contributed by atoms with Crippen molar-refractivity contribution >= 4 is 0 Å². The highest BCUT2D eigenvalue weighted by atomic mass is 16.5. The molecule has 4 nitrogen and oxygen atoms in total. The lowest BCUT2D eigenvalue weighted by molar-refractivity contribution is 0.302. The Bertz CT molecular complexity index is 906. The maximum atomic E-state index is 6.06. The van der Waals surface area contributed by atoms with E-state index in [0.717, 1.165) is 42.3 Å².